The maximum Gasteiger partial charge on any atom is 0.339 e. The lowest BCUT2D eigenvalue weighted by Gasteiger charge is -2.03. The molecule has 0 atom stereocenters. The fourth-order valence-corrected chi connectivity index (χ4v) is 1.62. The SMILES string of the molecule is CCn1ccnc(-n2cc(C(=O)O)c(C)n2)c1=O. The van der Waals surface area contributed by atoms with Crippen LogP contribution in [0.3, 0.4) is 0 Å². The maximum absolute atomic E-state index is 12.0. The van der Waals surface area contributed by atoms with Crippen molar-refractivity contribution in [2.75, 3.05) is 0 Å². The first-order valence-electron chi connectivity index (χ1n) is 5.40. The summed E-state index contributed by atoms with van der Waals surface area (Å²) < 4.78 is 2.67. The molecule has 0 unspecified atom stereocenters. The van der Waals surface area contributed by atoms with Crippen molar-refractivity contribution in [3.63, 3.8) is 0 Å². The number of carboxylic acid groups (broad SMARTS) is 1. The Morgan fingerprint density at radius 3 is 2.78 bits per heavy atom. The summed E-state index contributed by atoms with van der Waals surface area (Å²) >= 11 is 0. The van der Waals surface area contributed by atoms with E-state index < -0.39 is 5.97 Å². The van der Waals surface area contributed by atoms with E-state index >= 15 is 0 Å². The average Bonchev–Trinajstić information content (AvgIpc) is 2.71. The zero-order valence-electron chi connectivity index (χ0n) is 9.99. The fourth-order valence-electron chi connectivity index (χ4n) is 1.62. The summed E-state index contributed by atoms with van der Waals surface area (Å²) in [7, 11) is 0. The zero-order chi connectivity index (χ0) is 13.3. The van der Waals surface area contributed by atoms with Gasteiger partial charge in [-0.05, 0) is 13.8 Å². The van der Waals surface area contributed by atoms with Crippen LogP contribution < -0.4 is 5.56 Å². The second-order valence-electron chi connectivity index (χ2n) is 3.72. The molecule has 18 heavy (non-hydrogen) atoms. The smallest absolute Gasteiger partial charge is 0.339 e. The van der Waals surface area contributed by atoms with Crippen LogP contribution in [0.4, 0.5) is 0 Å². The second kappa shape index (κ2) is 4.44. The molecule has 0 aliphatic rings. The summed E-state index contributed by atoms with van der Waals surface area (Å²) in [6.45, 7) is 3.92. The summed E-state index contributed by atoms with van der Waals surface area (Å²) in [4.78, 5) is 26.8. The Morgan fingerprint density at radius 2 is 2.22 bits per heavy atom. The van der Waals surface area contributed by atoms with Crippen molar-refractivity contribution in [3.05, 3.63) is 40.2 Å². The van der Waals surface area contributed by atoms with E-state index in [1.807, 2.05) is 6.92 Å². The molecule has 0 aliphatic carbocycles. The Morgan fingerprint density at radius 1 is 1.50 bits per heavy atom. The molecule has 0 aromatic carbocycles. The first kappa shape index (κ1) is 12.0. The van der Waals surface area contributed by atoms with Crippen LogP contribution in [0.1, 0.15) is 23.0 Å². The Kier molecular flexibility index (Phi) is 2.97. The van der Waals surface area contributed by atoms with Crippen LogP contribution in [-0.4, -0.2) is 30.4 Å². The topological polar surface area (TPSA) is 90.0 Å². The van der Waals surface area contributed by atoms with Crippen LogP contribution in [0.2, 0.25) is 0 Å². The van der Waals surface area contributed by atoms with Crippen molar-refractivity contribution in [1.29, 1.82) is 0 Å². The van der Waals surface area contributed by atoms with Crippen LogP contribution in [0, 0.1) is 6.92 Å². The van der Waals surface area contributed by atoms with Gasteiger partial charge in [-0.2, -0.15) is 5.10 Å². The second-order valence-corrected chi connectivity index (χ2v) is 3.72. The van der Waals surface area contributed by atoms with Crippen LogP contribution in [0.15, 0.2) is 23.4 Å². The number of aromatic carboxylic acids is 1. The highest BCUT2D eigenvalue weighted by Gasteiger charge is 2.15. The zero-order valence-corrected chi connectivity index (χ0v) is 9.99. The van der Waals surface area contributed by atoms with E-state index in [9.17, 15) is 9.59 Å². The van der Waals surface area contributed by atoms with Gasteiger partial charge < -0.3 is 9.67 Å². The fraction of sp³-hybridized carbons (Fsp3) is 0.273. The third kappa shape index (κ3) is 1.90. The number of aromatic nitrogens is 4. The van der Waals surface area contributed by atoms with Crippen LogP contribution in [0.5, 0.6) is 0 Å². The molecule has 2 aromatic rings. The first-order valence-corrected chi connectivity index (χ1v) is 5.40. The highest BCUT2D eigenvalue weighted by Crippen LogP contribution is 2.07. The molecule has 2 heterocycles. The summed E-state index contributed by atoms with van der Waals surface area (Å²) in [6.07, 6.45) is 4.35. The minimum atomic E-state index is -1.08. The third-order valence-electron chi connectivity index (χ3n) is 2.58. The monoisotopic (exact) mass is 248 g/mol. The molecule has 0 saturated carbocycles. The van der Waals surface area contributed by atoms with E-state index in [4.69, 9.17) is 5.11 Å². The Bertz CT molecular complexity index is 657. The Balaban J connectivity index is 2.59. The van der Waals surface area contributed by atoms with Crippen LogP contribution in [-0.2, 0) is 6.54 Å². The van der Waals surface area contributed by atoms with Gasteiger partial charge in [0.2, 0.25) is 5.82 Å². The number of aryl methyl sites for hydroxylation is 2. The standard InChI is InChI=1S/C11H12N4O3/c1-3-14-5-4-12-9(10(14)16)15-6-8(11(17)18)7(2)13-15/h4-6H,3H2,1-2H3,(H,17,18). The van der Waals surface area contributed by atoms with Gasteiger partial charge in [0, 0.05) is 25.1 Å². The van der Waals surface area contributed by atoms with Gasteiger partial charge in [-0.15, -0.1) is 0 Å². The van der Waals surface area contributed by atoms with Crippen molar-refractivity contribution in [3.8, 4) is 5.82 Å². The van der Waals surface area contributed by atoms with E-state index in [-0.39, 0.29) is 16.9 Å². The van der Waals surface area contributed by atoms with Gasteiger partial charge in [-0.25, -0.2) is 14.5 Å². The van der Waals surface area contributed by atoms with Crippen molar-refractivity contribution >= 4 is 5.97 Å². The summed E-state index contributed by atoms with van der Waals surface area (Å²) in [6, 6.07) is 0. The average molecular weight is 248 g/mol. The Hall–Kier alpha value is -2.44. The number of rotatable bonds is 3. The molecule has 0 fully saturated rings. The number of carboxylic acids is 1. The van der Waals surface area contributed by atoms with Gasteiger partial charge in [0.25, 0.3) is 5.56 Å². The van der Waals surface area contributed by atoms with Gasteiger partial charge in [-0.3, -0.25) is 4.79 Å². The largest absolute Gasteiger partial charge is 0.478 e. The molecule has 2 aromatic heterocycles. The number of hydrogen-bond acceptors (Lipinski definition) is 4. The highest BCUT2D eigenvalue weighted by atomic mass is 16.4. The van der Waals surface area contributed by atoms with Crippen molar-refractivity contribution in [1.82, 2.24) is 19.3 Å². The van der Waals surface area contributed by atoms with Crippen LogP contribution in [0.25, 0.3) is 5.82 Å². The lowest BCUT2D eigenvalue weighted by Crippen LogP contribution is -2.24. The summed E-state index contributed by atoms with van der Waals surface area (Å²) in [5, 5.41) is 12.9. The molecular formula is C11H12N4O3. The molecule has 1 N–H and O–H groups in total. The van der Waals surface area contributed by atoms with Crippen molar-refractivity contribution in [2.24, 2.45) is 0 Å². The molecular weight excluding hydrogens is 236 g/mol. The van der Waals surface area contributed by atoms with E-state index in [2.05, 4.69) is 10.1 Å². The maximum atomic E-state index is 12.0. The molecule has 0 saturated heterocycles. The molecule has 0 spiro atoms. The van der Waals surface area contributed by atoms with E-state index in [0.717, 1.165) is 0 Å². The molecule has 0 radical (unpaired) electrons. The number of hydrogen-bond donors (Lipinski definition) is 1. The van der Waals surface area contributed by atoms with Gasteiger partial charge in [0.15, 0.2) is 0 Å². The molecule has 2 rings (SSSR count). The van der Waals surface area contributed by atoms with Gasteiger partial charge in [0.05, 0.1) is 5.69 Å². The minimum absolute atomic E-state index is 0.0584. The van der Waals surface area contributed by atoms with E-state index in [0.29, 0.717) is 12.2 Å². The molecule has 0 bridgehead atoms. The van der Waals surface area contributed by atoms with E-state index in [1.165, 1.54) is 21.6 Å². The number of carbonyl (C=O) groups is 1. The lowest BCUT2D eigenvalue weighted by molar-refractivity contribution is 0.0696. The van der Waals surface area contributed by atoms with Gasteiger partial charge in [0.1, 0.15) is 5.56 Å². The first-order chi connectivity index (χ1) is 8.54. The third-order valence-corrected chi connectivity index (χ3v) is 2.58. The summed E-state index contributed by atoms with van der Waals surface area (Å²) in [5.74, 6) is -0.986. The van der Waals surface area contributed by atoms with Gasteiger partial charge >= 0.3 is 5.97 Å². The quantitative estimate of drug-likeness (QED) is 0.852. The Labute approximate surface area is 102 Å². The molecule has 7 nitrogen and oxygen atoms in total. The van der Waals surface area contributed by atoms with E-state index in [1.54, 1.807) is 13.1 Å². The van der Waals surface area contributed by atoms with Gasteiger partial charge in [-0.1, -0.05) is 0 Å². The normalized spacial score (nSPS) is 10.6. The lowest BCUT2D eigenvalue weighted by atomic mass is 10.3. The predicted molar refractivity (Wildman–Crippen MR) is 63.0 cm³/mol. The van der Waals surface area contributed by atoms with Crippen molar-refractivity contribution < 1.29 is 9.90 Å². The molecule has 7 heteroatoms. The number of nitrogens with zero attached hydrogens (tertiary/aromatic N) is 4. The molecule has 0 amide bonds. The van der Waals surface area contributed by atoms with Crippen LogP contribution >= 0.6 is 0 Å². The predicted octanol–water partition coefficient (Wildman–Crippen LogP) is 0.456. The minimum Gasteiger partial charge on any atom is -0.478 e. The molecule has 94 valence electrons. The summed E-state index contributed by atoms with van der Waals surface area (Å²) in [5.41, 5.74) is 0.0955. The highest BCUT2D eigenvalue weighted by molar-refractivity contribution is 5.88. The molecule has 0 aliphatic heterocycles. The van der Waals surface area contributed by atoms with Crippen molar-refractivity contribution in [2.45, 2.75) is 20.4 Å².